The predicted octanol–water partition coefficient (Wildman–Crippen LogP) is 5.01. The summed E-state index contributed by atoms with van der Waals surface area (Å²) in [7, 11) is 0. The van der Waals surface area contributed by atoms with E-state index >= 15 is 0 Å². The van der Waals surface area contributed by atoms with Crippen LogP contribution in [0.2, 0.25) is 0 Å². The van der Waals surface area contributed by atoms with E-state index in [2.05, 4.69) is 5.43 Å². The largest absolute Gasteiger partial charge is 0.443 e. The molecule has 0 bridgehead atoms. The molecule has 1 atom stereocenters. The van der Waals surface area contributed by atoms with Gasteiger partial charge in [-0.2, -0.15) is 5.01 Å². The van der Waals surface area contributed by atoms with E-state index in [0.717, 1.165) is 23.4 Å². The molecule has 2 rings (SSSR count). The number of hydrogen-bond donors (Lipinski definition) is 1. The first-order valence-electron chi connectivity index (χ1n) is 10.4. The zero-order valence-corrected chi connectivity index (χ0v) is 19.1. The van der Waals surface area contributed by atoms with Gasteiger partial charge in [-0.3, -0.25) is 4.79 Å². The molecule has 1 aromatic carbocycles. The van der Waals surface area contributed by atoms with E-state index in [0.29, 0.717) is 18.4 Å². The smallest absolute Gasteiger partial charge is 0.430 e. The van der Waals surface area contributed by atoms with Gasteiger partial charge in [0.05, 0.1) is 0 Å². The minimum absolute atomic E-state index is 0.139. The van der Waals surface area contributed by atoms with Crippen LogP contribution in [0.5, 0.6) is 0 Å². The van der Waals surface area contributed by atoms with Crippen LogP contribution in [0.25, 0.3) is 0 Å². The molecule has 1 aliphatic rings. The fourth-order valence-corrected chi connectivity index (χ4v) is 3.51. The van der Waals surface area contributed by atoms with E-state index in [4.69, 9.17) is 9.47 Å². The molecule has 1 aromatic rings. The van der Waals surface area contributed by atoms with Crippen LogP contribution in [-0.4, -0.2) is 34.2 Å². The lowest BCUT2D eigenvalue weighted by molar-refractivity contribution is -0.137. The normalized spacial score (nSPS) is 19.8. The number of nitrogens with zero attached hydrogens (tertiary/aromatic N) is 1. The number of ketones is 1. The third-order valence-electron chi connectivity index (χ3n) is 4.74. The number of Topliss-reactive ketones (excluding diaryl/α,β-unsaturated/α-hetero) is 1. The van der Waals surface area contributed by atoms with Crippen molar-refractivity contribution in [2.45, 2.75) is 90.9 Å². The molecule has 0 aliphatic heterocycles. The summed E-state index contributed by atoms with van der Waals surface area (Å²) in [5.74, 6) is -0.139. The third kappa shape index (κ3) is 5.74. The van der Waals surface area contributed by atoms with Crippen LogP contribution in [0.15, 0.2) is 24.3 Å². The van der Waals surface area contributed by atoms with Crippen molar-refractivity contribution in [2.75, 3.05) is 0 Å². The molecule has 7 heteroatoms. The number of nitrogens with one attached hydrogen (secondary N) is 1. The Hall–Kier alpha value is -2.57. The third-order valence-corrected chi connectivity index (χ3v) is 4.74. The van der Waals surface area contributed by atoms with Gasteiger partial charge >= 0.3 is 12.2 Å². The van der Waals surface area contributed by atoms with Gasteiger partial charge in [0, 0.05) is 6.42 Å². The molecule has 0 aromatic heterocycles. The summed E-state index contributed by atoms with van der Waals surface area (Å²) in [5.41, 5.74) is 1.26. The second-order valence-corrected chi connectivity index (χ2v) is 9.79. The summed E-state index contributed by atoms with van der Waals surface area (Å²) in [6, 6.07) is 7.43. The highest BCUT2D eigenvalue weighted by molar-refractivity contribution is 5.94. The molecule has 7 nitrogen and oxygen atoms in total. The van der Waals surface area contributed by atoms with Gasteiger partial charge in [-0.25, -0.2) is 15.0 Å². The summed E-state index contributed by atoms with van der Waals surface area (Å²) in [6.45, 7) is 12.3. The van der Waals surface area contributed by atoms with Gasteiger partial charge in [-0.05, 0) is 73.3 Å². The molecule has 1 saturated carbocycles. The minimum atomic E-state index is -1.36. The quantitative estimate of drug-likeness (QED) is 0.683. The lowest BCUT2D eigenvalue weighted by atomic mass is 9.75. The van der Waals surface area contributed by atoms with Crippen molar-refractivity contribution in [3.05, 3.63) is 35.4 Å². The zero-order valence-electron chi connectivity index (χ0n) is 19.1. The van der Waals surface area contributed by atoms with Gasteiger partial charge in [0.1, 0.15) is 11.2 Å². The Balaban J connectivity index is 2.56. The molecular weight excluding hydrogens is 384 g/mol. The maximum atomic E-state index is 13.3. The SMILES string of the molecule is Cc1ccc(C2(N(NC(=O)OC(C)(C)C)C(=O)OC(C)(C)C)CCCCC2=O)cc1. The van der Waals surface area contributed by atoms with E-state index in [1.807, 2.05) is 31.2 Å². The van der Waals surface area contributed by atoms with Crippen LogP contribution in [0.4, 0.5) is 9.59 Å². The molecule has 166 valence electrons. The van der Waals surface area contributed by atoms with E-state index in [-0.39, 0.29) is 5.78 Å². The van der Waals surface area contributed by atoms with E-state index in [1.54, 1.807) is 41.5 Å². The Kier molecular flexibility index (Phi) is 6.84. The molecule has 1 fully saturated rings. The van der Waals surface area contributed by atoms with Crippen LogP contribution in [-0.2, 0) is 19.8 Å². The van der Waals surface area contributed by atoms with Crippen LogP contribution in [0.1, 0.15) is 78.4 Å². The number of amides is 2. The summed E-state index contributed by atoms with van der Waals surface area (Å²) < 4.78 is 10.9. The number of hydrazine groups is 1. The Labute approximate surface area is 179 Å². The summed E-state index contributed by atoms with van der Waals surface area (Å²) in [6.07, 6.45) is 0.533. The van der Waals surface area contributed by atoms with Gasteiger partial charge in [0.25, 0.3) is 0 Å². The molecule has 30 heavy (non-hydrogen) atoms. The van der Waals surface area contributed by atoms with Crippen molar-refractivity contribution in [3.8, 4) is 0 Å². The zero-order chi connectivity index (χ0) is 22.7. The van der Waals surface area contributed by atoms with Crippen molar-refractivity contribution in [3.63, 3.8) is 0 Å². The van der Waals surface area contributed by atoms with E-state index in [9.17, 15) is 14.4 Å². The van der Waals surface area contributed by atoms with Gasteiger partial charge in [-0.1, -0.05) is 29.8 Å². The van der Waals surface area contributed by atoms with Crippen LogP contribution in [0.3, 0.4) is 0 Å². The lowest BCUT2D eigenvalue weighted by Crippen LogP contribution is -2.63. The van der Waals surface area contributed by atoms with Crippen molar-refractivity contribution < 1.29 is 23.9 Å². The van der Waals surface area contributed by atoms with Gasteiger partial charge in [0.2, 0.25) is 0 Å². The van der Waals surface area contributed by atoms with Crippen LogP contribution < -0.4 is 5.43 Å². The Bertz CT molecular complexity index is 789. The lowest BCUT2D eigenvalue weighted by Gasteiger charge is -2.44. The Morgan fingerprint density at radius 1 is 0.967 bits per heavy atom. The predicted molar refractivity (Wildman–Crippen MR) is 114 cm³/mol. The topological polar surface area (TPSA) is 84.9 Å². The van der Waals surface area contributed by atoms with Crippen LogP contribution in [0, 0.1) is 6.92 Å². The van der Waals surface area contributed by atoms with Crippen molar-refractivity contribution >= 4 is 18.0 Å². The molecule has 0 spiro atoms. The highest BCUT2D eigenvalue weighted by Crippen LogP contribution is 2.40. The molecule has 0 saturated heterocycles. The van der Waals surface area contributed by atoms with Gasteiger partial charge < -0.3 is 9.47 Å². The molecule has 2 amide bonds. The Morgan fingerprint density at radius 2 is 1.53 bits per heavy atom. The highest BCUT2D eigenvalue weighted by atomic mass is 16.6. The number of rotatable bonds is 2. The standard InChI is InChI=1S/C23H34N2O5/c1-16-11-13-17(14-12-16)23(15-9-8-10-18(23)26)25(20(28)30-22(5,6)7)24-19(27)29-21(2,3)4/h11-14H,8-10,15H2,1-7H3,(H,24,27). The average Bonchev–Trinajstić information content (AvgIpc) is 2.58. The number of ether oxygens (including phenoxy) is 2. The number of aryl methyl sites for hydroxylation is 1. The summed E-state index contributed by atoms with van der Waals surface area (Å²) in [4.78, 5) is 39.2. The molecule has 0 heterocycles. The van der Waals surface area contributed by atoms with Crippen molar-refractivity contribution in [1.82, 2.24) is 10.4 Å². The van der Waals surface area contributed by atoms with Crippen LogP contribution >= 0.6 is 0 Å². The maximum Gasteiger partial charge on any atom is 0.430 e. The minimum Gasteiger partial charge on any atom is -0.443 e. The fourth-order valence-electron chi connectivity index (χ4n) is 3.51. The van der Waals surface area contributed by atoms with Gasteiger partial charge in [0.15, 0.2) is 11.3 Å². The Morgan fingerprint density at radius 3 is 2.03 bits per heavy atom. The first-order chi connectivity index (χ1) is 13.7. The molecular formula is C23H34N2O5. The molecule has 1 unspecified atom stereocenters. The highest BCUT2D eigenvalue weighted by Gasteiger charge is 2.51. The summed E-state index contributed by atoms with van der Waals surface area (Å²) in [5, 5.41) is 1.04. The van der Waals surface area contributed by atoms with Gasteiger partial charge in [-0.15, -0.1) is 0 Å². The van der Waals surface area contributed by atoms with Crippen molar-refractivity contribution in [2.24, 2.45) is 0 Å². The summed E-state index contributed by atoms with van der Waals surface area (Å²) >= 11 is 0. The molecule has 0 radical (unpaired) electrons. The first-order valence-corrected chi connectivity index (χ1v) is 10.4. The maximum absolute atomic E-state index is 13.3. The van der Waals surface area contributed by atoms with E-state index in [1.165, 1.54) is 0 Å². The number of hydrogen-bond acceptors (Lipinski definition) is 5. The fraction of sp³-hybridized carbons (Fsp3) is 0.609. The number of carbonyl (C=O) groups excluding carboxylic acids is 3. The number of benzene rings is 1. The first kappa shape index (κ1) is 23.7. The average molecular weight is 419 g/mol. The van der Waals surface area contributed by atoms with E-state index < -0.39 is 28.9 Å². The monoisotopic (exact) mass is 418 g/mol. The second-order valence-electron chi connectivity index (χ2n) is 9.79. The number of carbonyl (C=O) groups is 3. The molecule has 1 aliphatic carbocycles. The van der Waals surface area contributed by atoms with Crippen molar-refractivity contribution in [1.29, 1.82) is 0 Å². The molecule has 1 N–H and O–H groups in total. The second kappa shape index (κ2) is 8.66.